The first-order chi connectivity index (χ1) is 20.3. The van der Waals surface area contributed by atoms with Gasteiger partial charge in [0.15, 0.2) is 0 Å². The van der Waals surface area contributed by atoms with E-state index < -0.39 is 0 Å². The summed E-state index contributed by atoms with van der Waals surface area (Å²) in [5.74, 6) is 0.335. The van der Waals surface area contributed by atoms with E-state index in [2.05, 4.69) is 138 Å². The highest BCUT2D eigenvalue weighted by molar-refractivity contribution is 7.26. The number of rotatable bonds is 2. The van der Waals surface area contributed by atoms with E-state index in [9.17, 15) is 0 Å². The van der Waals surface area contributed by atoms with Gasteiger partial charge < -0.3 is 4.57 Å². The Hall–Kier alpha value is -4.66. The van der Waals surface area contributed by atoms with Gasteiger partial charge in [-0.1, -0.05) is 103 Å². The highest BCUT2D eigenvalue weighted by Gasteiger charge is 2.26. The van der Waals surface area contributed by atoms with Crippen LogP contribution in [-0.2, 0) is 6.42 Å². The number of hydrogen-bond donors (Lipinski definition) is 0. The monoisotopic (exact) mass is 541 g/mol. The molecule has 0 amide bonds. The third-order valence-corrected chi connectivity index (χ3v) is 10.3. The second kappa shape index (κ2) is 8.92. The van der Waals surface area contributed by atoms with Crippen LogP contribution in [0, 0.1) is 0 Å². The molecule has 41 heavy (non-hydrogen) atoms. The minimum Gasteiger partial charge on any atom is -0.309 e. The second-order valence-electron chi connectivity index (χ2n) is 11.2. The van der Waals surface area contributed by atoms with Gasteiger partial charge in [-0.3, -0.25) is 0 Å². The van der Waals surface area contributed by atoms with Crippen molar-refractivity contribution in [2.45, 2.75) is 18.8 Å². The molecule has 194 valence electrons. The Balaban J connectivity index is 1.31. The molecule has 0 aliphatic heterocycles. The lowest BCUT2D eigenvalue weighted by atomic mass is 9.85. The fraction of sp³-hybridized carbons (Fsp3) is 0.0769. The van der Waals surface area contributed by atoms with Crippen molar-refractivity contribution in [2.24, 2.45) is 0 Å². The van der Waals surface area contributed by atoms with Gasteiger partial charge in [0, 0.05) is 42.6 Å². The lowest BCUT2D eigenvalue weighted by Crippen LogP contribution is -2.04. The Kier molecular flexibility index (Phi) is 5.02. The van der Waals surface area contributed by atoms with E-state index in [-0.39, 0.29) is 0 Å². The first-order valence-corrected chi connectivity index (χ1v) is 15.3. The molecular formula is C39H27NS. The number of aromatic nitrogens is 1. The first kappa shape index (κ1) is 23.1. The van der Waals surface area contributed by atoms with E-state index >= 15 is 0 Å². The number of fused-ring (bicyclic) bond motifs is 9. The predicted octanol–water partition coefficient (Wildman–Crippen LogP) is 10.9. The minimum atomic E-state index is 0.335. The first-order valence-electron chi connectivity index (χ1n) is 14.5. The summed E-state index contributed by atoms with van der Waals surface area (Å²) in [6.45, 7) is 0. The zero-order chi connectivity index (χ0) is 26.9. The normalized spacial score (nSPS) is 14.9. The second-order valence-corrected chi connectivity index (χ2v) is 12.3. The van der Waals surface area contributed by atoms with Gasteiger partial charge in [-0.05, 0) is 71.0 Å². The molecule has 0 spiro atoms. The van der Waals surface area contributed by atoms with E-state index in [1.807, 2.05) is 11.3 Å². The van der Waals surface area contributed by atoms with Gasteiger partial charge in [0.25, 0.3) is 0 Å². The van der Waals surface area contributed by atoms with Gasteiger partial charge in [-0.2, -0.15) is 0 Å². The van der Waals surface area contributed by atoms with E-state index in [0.717, 1.165) is 12.8 Å². The molecule has 1 aliphatic carbocycles. The Bertz CT molecular complexity index is 2230. The molecule has 1 aliphatic rings. The van der Waals surface area contributed by atoms with Gasteiger partial charge in [0.05, 0.1) is 11.0 Å². The summed E-state index contributed by atoms with van der Waals surface area (Å²) < 4.78 is 5.25. The number of thiophene rings is 1. The Morgan fingerprint density at radius 1 is 0.537 bits per heavy atom. The standard InChI is InChI=1S/C39H27NS/c1-2-11-27-25(10-1)20-22-28(33-15-9-16-34-32-14-5-8-19-38(32)41-39(33)34)29-23-21-26(24-35(27)29)40-36-17-6-3-12-30(36)31-13-4-7-18-37(31)40/h1-19,21,23-24,28H,20,22H2. The largest absolute Gasteiger partial charge is 0.309 e. The molecule has 6 aromatic carbocycles. The fourth-order valence-electron chi connectivity index (χ4n) is 7.24. The molecule has 1 nitrogen and oxygen atoms in total. The molecule has 0 bridgehead atoms. The van der Waals surface area contributed by atoms with Crippen LogP contribution in [0.15, 0.2) is 133 Å². The third kappa shape index (κ3) is 3.41. The lowest BCUT2D eigenvalue weighted by molar-refractivity contribution is 0.731. The van der Waals surface area contributed by atoms with Crippen LogP contribution in [0.5, 0.6) is 0 Å². The number of para-hydroxylation sites is 2. The number of aryl methyl sites for hydroxylation is 1. The summed E-state index contributed by atoms with van der Waals surface area (Å²) in [4.78, 5) is 0. The van der Waals surface area contributed by atoms with Crippen LogP contribution < -0.4 is 0 Å². The van der Waals surface area contributed by atoms with Crippen LogP contribution in [-0.4, -0.2) is 4.57 Å². The zero-order valence-corrected chi connectivity index (χ0v) is 23.4. The SMILES string of the molecule is c1ccc2c(c1)CCC(c1cccc3c1sc1ccccc13)c1ccc(-n3c4ccccc4c4ccccc43)cc1-2. The Labute approximate surface area is 242 Å². The Morgan fingerprint density at radius 2 is 1.22 bits per heavy atom. The van der Waals surface area contributed by atoms with Crippen molar-refractivity contribution in [1.82, 2.24) is 4.57 Å². The van der Waals surface area contributed by atoms with E-state index in [4.69, 9.17) is 0 Å². The molecule has 2 heterocycles. The summed E-state index contributed by atoms with van der Waals surface area (Å²) in [6.07, 6.45) is 2.17. The van der Waals surface area contributed by atoms with Gasteiger partial charge in [-0.25, -0.2) is 0 Å². The molecule has 0 radical (unpaired) electrons. The Morgan fingerprint density at radius 3 is 2.05 bits per heavy atom. The number of benzene rings is 6. The summed E-state index contributed by atoms with van der Waals surface area (Å²) in [7, 11) is 0. The molecule has 8 aromatic rings. The molecule has 0 N–H and O–H groups in total. The summed E-state index contributed by atoms with van der Waals surface area (Å²) in [5.41, 5.74) is 10.8. The topological polar surface area (TPSA) is 4.93 Å². The number of nitrogens with zero attached hydrogens (tertiary/aromatic N) is 1. The van der Waals surface area contributed by atoms with Crippen molar-refractivity contribution in [1.29, 1.82) is 0 Å². The van der Waals surface area contributed by atoms with E-state index in [1.165, 1.54) is 75.5 Å². The smallest absolute Gasteiger partial charge is 0.0541 e. The van der Waals surface area contributed by atoms with Gasteiger partial charge >= 0.3 is 0 Å². The van der Waals surface area contributed by atoms with Crippen molar-refractivity contribution in [3.8, 4) is 16.8 Å². The van der Waals surface area contributed by atoms with Crippen molar-refractivity contribution >= 4 is 53.3 Å². The van der Waals surface area contributed by atoms with Crippen molar-refractivity contribution in [3.63, 3.8) is 0 Å². The maximum absolute atomic E-state index is 2.45. The van der Waals surface area contributed by atoms with Gasteiger partial charge in [0.2, 0.25) is 0 Å². The maximum atomic E-state index is 2.45. The molecule has 9 rings (SSSR count). The average molecular weight is 542 g/mol. The maximum Gasteiger partial charge on any atom is 0.0541 e. The number of hydrogen-bond acceptors (Lipinski definition) is 1. The summed E-state index contributed by atoms with van der Waals surface area (Å²) >= 11 is 1.95. The molecule has 0 saturated heterocycles. The van der Waals surface area contributed by atoms with E-state index in [1.54, 1.807) is 0 Å². The lowest BCUT2D eigenvalue weighted by Gasteiger charge is -2.21. The quantitative estimate of drug-likeness (QED) is 0.205. The zero-order valence-electron chi connectivity index (χ0n) is 22.5. The van der Waals surface area contributed by atoms with Crippen LogP contribution in [0.2, 0.25) is 0 Å². The van der Waals surface area contributed by atoms with Gasteiger partial charge in [0.1, 0.15) is 0 Å². The van der Waals surface area contributed by atoms with Crippen LogP contribution in [0.4, 0.5) is 0 Å². The molecule has 2 heteroatoms. The minimum absolute atomic E-state index is 0.335. The van der Waals surface area contributed by atoms with Crippen molar-refractivity contribution in [2.75, 3.05) is 0 Å². The molecule has 0 saturated carbocycles. The molecule has 1 unspecified atom stereocenters. The van der Waals surface area contributed by atoms with Crippen molar-refractivity contribution < 1.29 is 0 Å². The predicted molar refractivity (Wildman–Crippen MR) is 176 cm³/mol. The van der Waals surface area contributed by atoms with Crippen LogP contribution in [0.1, 0.15) is 29.0 Å². The van der Waals surface area contributed by atoms with Crippen LogP contribution in [0.3, 0.4) is 0 Å². The summed E-state index contributed by atoms with van der Waals surface area (Å²) in [5, 5.41) is 5.35. The molecule has 1 atom stereocenters. The highest BCUT2D eigenvalue weighted by Crippen LogP contribution is 2.47. The highest BCUT2D eigenvalue weighted by atomic mass is 32.1. The fourth-order valence-corrected chi connectivity index (χ4v) is 8.51. The van der Waals surface area contributed by atoms with Crippen molar-refractivity contribution in [3.05, 3.63) is 150 Å². The van der Waals surface area contributed by atoms with E-state index in [0.29, 0.717) is 5.92 Å². The van der Waals surface area contributed by atoms with Crippen LogP contribution in [0.25, 0.3) is 58.8 Å². The molecule has 2 aromatic heterocycles. The van der Waals surface area contributed by atoms with Gasteiger partial charge in [-0.15, -0.1) is 11.3 Å². The molecular weight excluding hydrogens is 515 g/mol. The average Bonchev–Trinajstić information content (AvgIpc) is 3.53. The third-order valence-electron chi connectivity index (χ3n) is 9.07. The molecule has 0 fully saturated rings. The summed E-state index contributed by atoms with van der Waals surface area (Å²) in [6, 6.07) is 49.7. The van der Waals surface area contributed by atoms with Crippen LogP contribution >= 0.6 is 11.3 Å².